The lowest BCUT2D eigenvalue weighted by molar-refractivity contribution is 0.0692. The third kappa shape index (κ3) is 3.16. The van der Waals surface area contributed by atoms with Gasteiger partial charge in [0.15, 0.2) is 5.69 Å². The van der Waals surface area contributed by atoms with Gasteiger partial charge in [-0.1, -0.05) is 6.07 Å². The quantitative estimate of drug-likeness (QED) is 0.900. The minimum Gasteiger partial charge on any atom is -0.476 e. The number of pyridine rings is 1. The van der Waals surface area contributed by atoms with Gasteiger partial charge in [0.05, 0.1) is 10.6 Å². The summed E-state index contributed by atoms with van der Waals surface area (Å²) in [6.07, 6.45) is 1.23. The number of carbonyl (C=O) groups is 1. The highest BCUT2D eigenvalue weighted by atomic mass is 32.2. The minimum atomic E-state index is -4.10. The van der Waals surface area contributed by atoms with Crippen LogP contribution in [0.5, 0.6) is 0 Å². The monoisotopic (exact) mass is 310 g/mol. The van der Waals surface area contributed by atoms with Crippen LogP contribution >= 0.6 is 0 Å². The Balaban J connectivity index is 2.42. The maximum Gasteiger partial charge on any atom is 0.356 e. The van der Waals surface area contributed by atoms with Crippen LogP contribution in [-0.4, -0.2) is 24.5 Å². The van der Waals surface area contributed by atoms with Gasteiger partial charge in [-0.15, -0.1) is 0 Å². The highest BCUT2D eigenvalue weighted by molar-refractivity contribution is 7.92. The van der Waals surface area contributed by atoms with Crippen LogP contribution in [0.4, 0.5) is 10.1 Å². The third-order valence-corrected chi connectivity index (χ3v) is 4.07. The average Bonchev–Trinajstić information content (AvgIpc) is 2.41. The number of carboxylic acid groups (broad SMARTS) is 1. The molecule has 8 heteroatoms. The van der Waals surface area contributed by atoms with Crippen LogP contribution in [0, 0.1) is 12.7 Å². The summed E-state index contributed by atoms with van der Waals surface area (Å²) in [6.45, 7) is 1.50. The predicted molar refractivity (Wildman–Crippen MR) is 73.1 cm³/mol. The Bertz CT molecular complexity index is 806. The zero-order chi connectivity index (χ0) is 15.6. The number of halogens is 1. The number of nitrogens with one attached hydrogen (secondary N) is 1. The van der Waals surface area contributed by atoms with Gasteiger partial charge in [-0.05, 0) is 36.8 Å². The molecular formula is C13H11FN2O4S. The summed E-state index contributed by atoms with van der Waals surface area (Å²) in [6, 6.07) is 6.08. The summed E-state index contributed by atoms with van der Waals surface area (Å²) < 4.78 is 39.8. The van der Waals surface area contributed by atoms with E-state index in [2.05, 4.69) is 9.71 Å². The van der Waals surface area contributed by atoms with Gasteiger partial charge >= 0.3 is 5.97 Å². The molecule has 1 aromatic heterocycles. The highest BCUT2D eigenvalue weighted by Gasteiger charge is 2.20. The normalized spacial score (nSPS) is 11.1. The lowest BCUT2D eigenvalue weighted by Gasteiger charge is -2.10. The lowest BCUT2D eigenvalue weighted by Crippen LogP contribution is -2.16. The van der Waals surface area contributed by atoms with E-state index < -0.39 is 27.5 Å². The molecule has 0 aliphatic carbocycles. The van der Waals surface area contributed by atoms with Crippen molar-refractivity contribution in [1.29, 1.82) is 0 Å². The molecule has 0 aliphatic heterocycles. The highest BCUT2D eigenvalue weighted by Crippen LogP contribution is 2.20. The zero-order valence-corrected chi connectivity index (χ0v) is 11.7. The van der Waals surface area contributed by atoms with Gasteiger partial charge in [0.1, 0.15) is 5.82 Å². The van der Waals surface area contributed by atoms with Crippen molar-refractivity contribution in [2.45, 2.75) is 11.8 Å². The molecule has 2 N–H and O–H groups in total. The number of nitrogens with zero attached hydrogens (tertiary/aromatic N) is 1. The van der Waals surface area contributed by atoms with Gasteiger partial charge in [-0.25, -0.2) is 22.6 Å². The SMILES string of the molecule is Cc1ccc(S(=O)(=O)Nc2cccnc2C(=O)O)cc1F. The lowest BCUT2D eigenvalue weighted by atomic mass is 10.2. The van der Waals surface area contributed by atoms with E-state index in [9.17, 15) is 17.6 Å². The molecule has 0 bridgehead atoms. The Hall–Kier alpha value is -2.48. The molecule has 0 spiro atoms. The molecule has 1 aromatic carbocycles. The summed E-state index contributed by atoms with van der Waals surface area (Å²) in [4.78, 5) is 14.3. The number of aryl methyl sites for hydroxylation is 1. The number of aromatic nitrogens is 1. The van der Waals surface area contributed by atoms with Crippen LogP contribution in [-0.2, 0) is 10.0 Å². The molecule has 6 nitrogen and oxygen atoms in total. The van der Waals surface area contributed by atoms with Gasteiger partial charge in [-0.2, -0.15) is 0 Å². The fourth-order valence-corrected chi connectivity index (χ4v) is 2.68. The van der Waals surface area contributed by atoms with Crippen molar-refractivity contribution in [3.05, 3.63) is 53.6 Å². The van der Waals surface area contributed by atoms with Gasteiger partial charge in [0, 0.05) is 6.20 Å². The number of sulfonamides is 1. The molecule has 21 heavy (non-hydrogen) atoms. The Morgan fingerprint density at radius 3 is 2.67 bits per heavy atom. The number of carboxylic acids is 1. The second-order valence-electron chi connectivity index (χ2n) is 4.22. The van der Waals surface area contributed by atoms with Crippen LogP contribution in [0.15, 0.2) is 41.4 Å². The molecule has 110 valence electrons. The van der Waals surface area contributed by atoms with Crippen molar-refractivity contribution >= 4 is 21.7 Å². The van der Waals surface area contributed by atoms with Gasteiger partial charge in [0.2, 0.25) is 0 Å². The fourth-order valence-electron chi connectivity index (χ4n) is 1.60. The van der Waals surface area contributed by atoms with Crippen LogP contribution in [0.1, 0.15) is 16.1 Å². The molecule has 0 fully saturated rings. The molecule has 0 amide bonds. The fraction of sp³-hybridized carbons (Fsp3) is 0.0769. The summed E-state index contributed by atoms with van der Waals surface area (Å²) in [5, 5.41) is 8.96. The summed E-state index contributed by atoms with van der Waals surface area (Å²) >= 11 is 0. The van der Waals surface area contributed by atoms with E-state index in [1.54, 1.807) is 0 Å². The minimum absolute atomic E-state index is 0.189. The van der Waals surface area contributed by atoms with Crippen LogP contribution in [0.2, 0.25) is 0 Å². The number of anilines is 1. The molecule has 0 saturated carbocycles. The Labute approximate surface area is 120 Å². The number of hydrogen-bond donors (Lipinski definition) is 2. The van der Waals surface area contributed by atoms with Crippen LogP contribution in [0.3, 0.4) is 0 Å². The molecular weight excluding hydrogens is 299 g/mol. The number of aromatic carboxylic acids is 1. The Morgan fingerprint density at radius 2 is 2.05 bits per heavy atom. The smallest absolute Gasteiger partial charge is 0.356 e. The van der Waals surface area contributed by atoms with Gasteiger partial charge in [-0.3, -0.25) is 4.72 Å². The number of hydrogen-bond acceptors (Lipinski definition) is 4. The topological polar surface area (TPSA) is 96.4 Å². The molecule has 1 heterocycles. The van der Waals surface area contributed by atoms with Gasteiger partial charge in [0.25, 0.3) is 10.0 Å². The van der Waals surface area contributed by atoms with Crippen molar-refractivity contribution in [2.24, 2.45) is 0 Å². The molecule has 0 radical (unpaired) electrons. The van der Waals surface area contributed by atoms with E-state index in [-0.39, 0.29) is 10.6 Å². The van der Waals surface area contributed by atoms with Crippen molar-refractivity contribution in [2.75, 3.05) is 4.72 Å². The molecule has 0 atom stereocenters. The standard InChI is InChI=1S/C13H11FN2O4S/c1-8-4-5-9(7-10(8)14)21(19,20)16-11-3-2-6-15-12(11)13(17)18/h2-7,16H,1H3,(H,17,18). The molecule has 2 rings (SSSR count). The van der Waals surface area contributed by atoms with Crippen LogP contribution in [0.25, 0.3) is 0 Å². The van der Waals surface area contributed by atoms with Gasteiger partial charge < -0.3 is 5.11 Å². The van der Waals surface area contributed by atoms with E-state index in [1.807, 2.05) is 0 Å². The first-order valence-corrected chi connectivity index (χ1v) is 7.27. The summed E-state index contributed by atoms with van der Waals surface area (Å²) in [5.41, 5.74) is -0.318. The molecule has 2 aromatic rings. The van der Waals surface area contributed by atoms with Crippen molar-refractivity contribution in [3.8, 4) is 0 Å². The van der Waals surface area contributed by atoms with E-state index >= 15 is 0 Å². The van der Waals surface area contributed by atoms with Crippen molar-refractivity contribution < 1.29 is 22.7 Å². The third-order valence-electron chi connectivity index (χ3n) is 2.71. The second-order valence-corrected chi connectivity index (χ2v) is 5.90. The summed E-state index contributed by atoms with van der Waals surface area (Å²) in [5.74, 6) is -2.04. The predicted octanol–water partition coefficient (Wildman–Crippen LogP) is 2.03. The maximum absolute atomic E-state index is 13.5. The zero-order valence-electron chi connectivity index (χ0n) is 10.9. The van der Waals surface area contributed by atoms with Crippen molar-refractivity contribution in [1.82, 2.24) is 4.98 Å². The van der Waals surface area contributed by atoms with E-state index in [0.29, 0.717) is 5.56 Å². The van der Waals surface area contributed by atoms with Crippen molar-refractivity contribution in [3.63, 3.8) is 0 Å². The molecule has 0 saturated heterocycles. The summed E-state index contributed by atoms with van der Waals surface area (Å²) in [7, 11) is -4.10. The first-order chi connectivity index (χ1) is 9.81. The largest absolute Gasteiger partial charge is 0.476 e. The average molecular weight is 310 g/mol. The maximum atomic E-state index is 13.5. The van der Waals surface area contributed by atoms with E-state index in [1.165, 1.54) is 37.4 Å². The Kier molecular flexibility index (Phi) is 3.90. The number of rotatable bonds is 4. The first kappa shape index (κ1) is 14.9. The second kappa shape index (κ2) is 5.49. The first-order valence-electron chi connectivity index (χ1n) is 5.78. The van der Waals surface area contributed by atoms with Crippen LogP contribution < -0.4 is 4.72 Å². The van der Waals surface area contributed by atoms with E-state index in [0.717, 1.165) is 6.07 Å². The Morgan fingerprint density at radius 1 is 1.33 bits per heavy atom. The van der Waals surface area contributed by atoms with E-state index in [4.69, 9.17) is 5.11 Å². The molecule has 0 aliphatic rings. The molecule has 0 unspecified atom stereocenters. The number of benzene rings is 1.